The second kappa shape index (κ2) is 6.41. The van der Waals surface area contributed by atoms with E-state index in [1.54, 1.807) is 12.1 Å². The Morgan fingerprint density at radius 2 is 2.00 bits per heavy atom. The first kappa shape index (κ1) is 15.1. The average Bonchev–Trinajstić information content (AvgIpc) is 2.46. The molecule has 0 bridgehead atoms. The van der Waals surface area contributed by atoms with E-state index in [1.165, 1.54) is 6.07 Å². The van der Waals surface area contributed by atoms with Gasteiger partial charge in [-0.1, -0.05) is 11.6 Å². The second-order valence-corrected chi connectivity index (χ2v) is 5.73. The van der Waals surface area contributed by atoms with Gasteiger partial charge in [0.15, 0.2) is 0 Å². The predicted molar refractivity (Wildman–Crippen MR) is 81.6 cm³/mol. The molecule has 1 aliphatic carbocycles. The van der Waals surface area contributed by atoms with Crippen LogP contribution in [0.4, 0.5) is 11.4 Å². The third-order valence-corrected chi connectivity index (χ3v) is 4.40. The van der Waals surface area contributed by atoms with Crippen LogP contribution in [0, 0.1) is 10.1 Å². The summed E-state index contributed by atoms with van der Waals surface area (Å²) in [6.45, 7) is 0. The highest BCUT2D eigenvalue weighted by Crippen LogP contribution is 2.34. The Labute approximate surface area is 124 Å². The molecule has 1 aromatic carbocycles. The molecule has 0 saturated heterocycles. The van der Waals surface area contributed by atoms with Crippen LogP contribution in [0.15, 0.2) is 18.2 Å². The standard InChI is InChI=1S/C14H20ClN3O2/c1-16-11-4-6-12(7-5-11)17(2)14-9-10(15)3-8-13(14)18(19)20/h3,8-9,11-12,16H,4-7H2,1-2H3. The largest absolute Gasteiger partial charge is 0.366 e. The molecular formula is C14H20ClN3O2. The van der Waals surface area contributed by atoms with Crippen LogP contribution in [-0.4, -0.2) is 31.1 Å². The molecule has 1 aliphatic rings. The number of nitro groups is 1. The van der Waals surface area contributed by atoms with Crippen LogP contribution in [0.25, 0.3) is 0 Å². The van der Waals surface area contributed by atoms with E-state index in [0.29, 0.717) is 22.8 Å². The number of nitrogens with one attached hydrogen (secondary N) is 1. The SMILES string of the molecule is CNC1CCC(N(C)c2cc(Cl)ccc2[N+](=O)[O-])CC1. The minimum Gasteiger partial charge on any atom is -0.366 e. The Morgan fingerprint density at radius 1 is 1.35 bits per heavy atom. The van der Waals surface area contributed by atoms with Crippen LogP contribution in [0.3, 0.4) is 0 Å². The first-order valence-corrected chi connectivity index (χ1v) is 7.24. The fourth-order valence-corrected chi connectivity index (χ4v) is 3.05. The van der Waals surface area contributed by atoms with Gasteiger partial charge in [0.2, 0.25) is 0 Å². The van der Waals surface area contributed by atoms with Crippen molar-refractivity contribution in [3.05, 3.63) is 33.3 Å². The topological polar surface area (TPSA) is 58.4 Å². The first-order valence-electron chi connectivity index (χ1n) is 6.87. The Morgan fingerprint density at radius 3 is 2.55 bits per heavy atom. The Balaban J connectivity index is 2.18. The zero-order valence-electron chi connectivity index (χ0n) is 11.8. The van der Waals surface area contributed by atoms with Crippen LogP contribution in [0.2, 0.25) is 5.02 Å². The van der Waals surface area contributed by atoms with Gasteiger partial charge in [-0.2, -0.15) is 0 Å². The van der Waals surface area contributed by atoms with Gasteiger partial charge in [-0.25, -0.2) is 0 Å². The van der Waals surface area contributed by atoms with Gasteiger partial charge in [0, 0.05) is 30.2 Å². The highest BCUT2D eigenvalue weighted by Gasteiger charge is 2.27. The van der Waals surface area contributed by atoms with E-state index in [-0.39, 0.29) is 10.6 Å². The van der Waals surface area contributed by atoms with Gasteiger partial charge in [0.1, 0.15) is 5.69 Å². The minimum absolute atomic E-state index is 0.118. The lowest BCUT2D eigenvalue weighted by Crippen LogP contribution is -2.40. The van der Waals surface area contributed by atoms with Crippen molar-refractivity contribution in [2.75, 3.05) is 19.0 Å². The van der Waals surface area contributed by atoms with Crippen molar-refractivity contribution in [1.29, 1.82) is 0 Å². The summed E-state index contributed by atoms with van der Waals surface area (Å²) >= 11 is 5.99. The van der Waals surface area contributed by atoms with Crippen LogP contribution in [0.5, 0.6) is 0 Å². The molecule has 0 aliphatic heterocycles. The summed E-state index contributed by atoms with van der Waals surface area (Å²) in [5, 5.41) is 15.0. The molecule has 0 amide bonds. The van der Waals surface area contributed by atoms with E-state index in [9.17, 15) is 10.1 Å². The first-order chi connectivity index (χ1) is 9.52. The summed E-state index contributed by atoms with van der Waals surface area (Å²) in [5.74, 6) is 0. The van der Waals surface area contributed by atoms with Crippen LogP contribution in [0.1, 0.15) is 25.7 Å². The van der Waals surface area contributed by atoms with E-state index >= 15 is 0 Å². The molecule has 6 heteroatoms. The average molecular weight is 298 g/mol. The lowest BCUT2D eigenvalue weighted by Gasteiger charge is -2.35. The third-order valence-electron chi connectivity index (χ3n) is 4.17. The molecule has 1 N–H and O–H groups in total. The quantitative estimate of drug-likeness (QED) is 0.685. The van der Waals surface area contributed by atoms with Gasteiger partial charge in [0.25, 0.3) is 5.69 Å². The Bertz CT molecular complexity index is 487. The van der Waals surface area contributed by atoms with Crippen LogP contribution >= 0.6 is 11.6 Å². The van der Waals surface area contributed by atoms with E-state index < -0.39 is 0 Å². The molecular weight excluding hydrogens is 278 g/mol. The van der Waals surface area contributed by atoms with Crippen molar-refractivity contribution in [3.8, 4) is 0 Å². The molecule has 0 atom stereocenters. The van der Waals surface area contributed by atoms with Gasteiger partial charge in [-0.05, 0) is 44.9 Å². The van der Waals surface area contributed by atoms with Crippen molar-refractivity contribution in [2.45, 2.75) is 37.8 Å². The normalized spacial score (nSPS) is 22.6. The number of hydrogen-bond acceptors (Lipinski definition) is 4. The van der Waals surface area contributed by atoms with Crippen LogP contribution in [-0.2, 0) is 0 Å². The van der Waals surface area contributed by atoms with Gasteiger partial charge >= 0.3 is 0 Å². The van der Waals surface area contributed by atoms with Crippen molar-refractivity contribution >= 4 is 23.0 Å². The van der Waals surface area contributed by atoms with Crippen molar-refractivity contribution in [1.82, 2.24) is 5.32 Å². The zero-order valence-corrected chi connectivity index (χ0v) is 12.6. The lowest BCUT2D eigenvalue weighted by atomic mass is 9.90. The molecule has 5 nitrogen and oxygen atoms in total. The molecule has 110 valence electrons. The summed E-state index contributed by atoms with van der Waals surface area (Å²) in [4.78, 5) is 12.8. The number of benzene rings is 1. The monoisotopic (exact) mass is 297 g/mol. The number of anilines is 1. The lowest BCUT2D eigenvalue weighted by molar-refractivity contribution is -0.384. The van der Waals surface area contributed by atoms with Gasteiger partial charge in [-0.3, -0.25) is 10.1 Å². The molecule has 20 heavy (non-hydrogen) atoms. The highest BCUT2D eigenvalue weighted by atomic mass is 35.5. The Hall–Kier alpha value is -1.33. The smallest absolute Gasteiger partial charge is 0.292 e. The maximum absolute atomic E-state index is 11.1. The number of nitro benzene ring substituents is 1. The van der Waals surface area contributed by atoms with E-state index in [0.717, 1.165) is 25.7 Å². The minimum atomic E-state index is -0.346. The zero-order chi connectivity index (χ0) is 14.7. The number of rotatable bonds is 4. The summed E-state index contributed by atoms with van der Waals surface area (Å²) < 4.78 is 0. The summed E-state index contributed by atoms with van der Waals surface area (Å²) in [5.41, 5.74) is 0.725. The summed E-state index contributed by atoms with van der Waals surface area (Å²) in [7, 11) is 3.90. The molecule has 0 radical (unpaired) electrons. The van der Waals surface area contributed by atoms with Crippen molar-refractivity contribution in [2.24, 2.45) is 0 Å². The number of halogens is 1. The van der Waals surface area contributed by atoms with E-state index in [1.807, 2.05) is 19.0 Å². The maximum atomic E-state index is 11.1. The Kier molecular flexibility index (Phi) is 4.83. The maximum Gasteiger partial charge on any atom is 0.292 e. The van der Waals surface area contributed by atoms with Crippen molar-refractivity contribution in [3.63, 3.8) is 0 Å². The molecule has 0 spiro atoms. The molecule has 1 aromatic rings. The van der Waals surface area contributed by atoms with Crippen LogP contribution < -0.4 is 10.2 Å². The second-order valence-electron chi connectivity index (χ2n) is 5.30. The highest BCUT2D eigenvalue weighted by molar-refractivity contribution is 6.31. The molecule has 0 unspecified atom stereocenters. The third kappa shape index (κ3) is 3.22. The van der Waals surface area contributed by atoms with E-state index in [4.69, 9.17) is 11.6 Å². The molecule has 1 fully saturated rings. The van der Waals surface area contributed by atoms with Gasteiger partial charge in [-0.15, -0.1) is 0 Å². The fraction of sp³-hybridized carbons (Fsp3) is 0.571. The molecule has 0 aromatic heterocycles. The number of nitrogens with zero attached hydrogens (tertiary/aromatic N) is 2. The number of hydrogen-bond donors (Lipinski definition) is 1. The fourth-order valence-electron chi connectivity index (χ4n) is 2.88. The summed E-state index contributed by atoms with van der Waals surface area (Å²) in [6.07, 6.45) is 4.26. The van der Waals surface area contributed by atoms with E-state index in [2.05, 4.69) is 5.32 Å². The molecule has 1 saturated carbocycles. The molecule has 0 heterocycles. The van der Waals surface area contributed by atoms with Gasteiger partial charge < -0.3 is 10.2 Å². The predicted octanol–water partition coefficient (Wildman–Crippen LogP) is 3.22. The van der Waals surface area contributed by atoms with Crippen molar-refractivity contribution < 1.29 is 4.92 Å². The molecule has 2 rings (SSSR count). The summed E-state index contributed by atoms with van der Waals surface area (Å²) in [6, 6.07) is 5.62. The van der Waals surface area contributed by atoms with Gasteiger partial charge in [0.05, 0.1) is 4.92 Å².